The zero-order chi connectivity index (χ0) is 21.9. The summed E-state index contributed by atoms with van der Waals surface area (Å²) >= 11 is 0. The summed E-state index contributed by atoms with van der Waals surface area (Å²) in [6.45, 7) is 0. The Morgan fingerprint density at radius 3 is 1.52 bits per heavy atom. The van der Waals surface area contributed by atoms with E-state index in [2.05, 4.69) is 107 Å². The summed E-state index contributed by atoms with van der Waals surface area (Å²) in [5.74, 6) is 1.74. The zero-order valence-electron chi connectivity index (χ0n) is 18.1. The lowest BCUT2D eigenvalue weighted by Crippen LogP contribution is -2.15. The van der Waals surface area contributed by atoms with E-state index >= 15 is 0 Å². The average molecular weight is 428 g/mol. The molecule has 0 spiro atoms. The van der Waals surface area contributed by atoms with Crippen molar-refractivity contribution in [1.29, 1.82) is 0 Å². The molecular formula is C29H21N3O. The molecule has 0 atom stereocenters. The molecule has 1 aliphatic rings. The molecule has 0 bridgehead atoms. The predicted molar refractivity (Wildman–Crippen MR) is 136 cm³/mol. The van der Waals surface area contributed by atoms with E-state index in [9.17, 15) is 0 Å². The van der Waals surface area contributed by atoms with E-state index in [1.54, 1.807) is 0 Å². The van der Waals surface area contributed by atoms with Gasteiger partial charge in [0.1, 0.15) is 0 Å². The summed E-state index contributed by atoms with van der Waals surface area (Å²) in [7, 11) is 2.09. The molecule has 3 heterocycles. The van der Waals surface area contributed by atoms with E-state index in [1.807, 2.05) is 12.4 Å². The number of rotatable bonds is 2. The topological polar surface area (TPSA) is 44.0 Å². The highest BCUT2D eigenvalue weighted by Crippen LogP contribution is 2.48. The minimum atomic E-state index is 0.870. The second kappa shape index (κ2) is 6.78. The monoisotopic (exact) mass is 427 g/mol. The standard InChI is InChI=1S/C29H21N3O/c1-32-26-8-4-20(18-2-6-24-22(14-18)10-12-30-24)16-28(26)33-29-17-21(5-9-27(29)32)19-3-7-25-23(15-19)11-13-31-25/h2-17,30-31H,1H3. The Balaban J connectivity index is 1.28. The first-order valence-corrected chi connectivity index (χ1v) is 11.1. The number of ether oxygens (including phenoxy) is 1. The first-order valence-electron chi connectivity index (χ1n) is 11.1. The van der Waals surface area contributed by atoms with Crippen LogP contribution >= 0.6 is 0 Å². The number of fused-ring (bicyclic) bond motifs is 4. The lowest BCUT2D eigenvalue weighted by molar-refractivity contribution is 0.476. The summed E-state index contributed by atoms with van der Waals surface area (Å²) in [5, 5.41) is 2.41. The molecule has 0 amide bonds. The molecule has 0 saturated heterocycles. The molecule has 0 aliphatic carbocycles. The van der Waals surface area contributed by atoms with Crippen LogP contribution < -0.4 is 9.64 Å². The van der Waals surface area contributed by atoms with E-state index in [0.29, 0.717) is 0 Å². The Morgan fingerprint density at radius 2 is 1.00 bits per heavy atom. The largest absolute Gasteiger partial charge is 0.453 e. The highest BCUT2D eigenvalue weighted by atomic mass is 16.5. The Hall–Kier alpha value is -4.44. The van der Waals surface area contributed by atoms with Crippen molar-refractivity contribution in [3.05, 3.63) is 97.3 Å². The van der Waals surface area contributed by atoms with Crippen molar-refractivity contribution in [2.75, 3.05) is 11.9 Å². The van der Waals surface area contributed by atoms with E-state index in [0.717, 1.165) is 45.0 Å². The van der Waals surface area contributed by atoms with Crippen LogP contribution in [-0.2, 0) is 0 Å². The molecule has 6 aromatic rings. The van der Waals surface area contributed by atoms with Crippen molar-refractivity contribution in [3.63, 3.8) is 0 Å². The molecule has 0 saturated carbocycles. The number of hydrogen-bond donors (Lipinski definition) is 2. The molecule has 0 fully saturated rings. The predicted octanol–water partition coefficient (Wildman–Crippen LogP) is 7.86. The van der Waals surface area contributed by atoms with Gasteiger partial charge in [-0.1, -0.05) is 24.3 Å². The highest BCUT2D eigenvalue weighted by molar-refractivity contribution is 5.89. The third kappa shape index (κ3) is 2.84. The molecular weight excluding hydrogens is 406 g/mol. The van der Waals surface area contributed by atoms with Gasteiger partial charge in [0.15, 0.2) is 11.5 Å². The Labute approximate surface area is 191 Å². The quantitative estimate of drug-likeness (QED) is 0.295. The van der Waals surface area contributed by atoms with Gasteiger partial charge in [0.25, 0.3) is 0 Å². The van der Waals surface area contributed by atoms with Crippen LogP contribution in [0.25, 0.3) is 44.1 Å². The molecule has 7 rings (SSSR count). The summed E-state index contributed by atoms with van der Waals surface area (Å²) < 4.78 is 6.46. The van der Waals surface area contributed by atoms with Gasteiger partial charge in [0.2, 0.25) is 0 Å². The lowest BCUT2D eigenvalue weighted by Gasteiger charge is -2.30. The molecule has 4 heteroatoms. The maximum absolute atomic E-state index is 6.46. The van der Waals surface area contributed by atoms with Crippen molar-refractivity contribution >= 4 is 33.2 Å². The van der Waals surface area contributed by atoms with Gasteiger partial charge in [-0.05, 0) is 93.7 Å². The SMILES string of the molecule is CN1c2ccc(-c3ccc4[nH]ccc4c3)cc2Oc2cc(-c3ccc4[nH]ccc4c3)ccc21. The van der Waals surface area contributed by atoms with Crippen LogP contribution in [0.15, 0.2) is 97.3 Å². The average Bonchev–Trinajstić information content (AvgIpc) is 3.52. The number of benzene rings is 4. The third-order valence-corrected chi connectivity index (χ3v) is 6.64. The highest BCUT2D eigenvalue weighted by Gasteiger charge is 2.23. The Bertz CT molecular complexity index is 1550. The van der Waals surface area contributed by atoms with Gasteiger partial charge in [0, 0.05) is 30.5 Å². The van der Waals surface area contributed by atoms with Gasteiger partial charge < -0.3 is 19.6 Å². The van der Waals surface area contributed by atoms with E-state index < -0.39 is 0 Å². The van der Waals surface area contributed by atoms with Crippen molar-refractivity contribution in [3.8, 4) is 33.8 Å². The number of aromatic nitrogens is 2. The van der Waals surface area contributed by atoms with Crippen molar-refractivity contribution in [2.45, 2.75) is 0 Å². The minimum absolute atomic E-state index is 0.870. The fourth-order valence-corrected chi connectivity index (χ4v) is 4.82. The smallest absolute Gasteiger partial charge is 0.151 e. The van der Waals surface area contributed by atoms with Crippen LogP contribution in [0.4, 0.5) is 11.4 Å². The maximum Gasteiger partial charge on any atom is 0.151 e. The van der Waals surface area contributed by atoms with Gasteiger partial charge in [-0.15, -0.1) is 0 Å². The molecule has 1 aliphatic heterocycles. The fraction of sp³-hybridized carbons (Fsp3) is 0.0345. The van der Waals surface area contributed by atoms with Crippen molar-refractivity contribution in [2.24, 2.45) is 0 Å². The second-order valence-corrected chi connectivity index (χ2v) is 8.59. The molecule has 4 nitrogen and oxygen atoms in total. The van der Waals surface area contributed by atoms with E-state index in [4.69, 9.17) is 4.74 Å². The maximum atomic E-state index is 6.46. The van der Waals surface area contributed by atoms with Crippen LogP contribution in [0.1, 0.15) is 0 Å². The number of anilines is 2. The van der Waals surface area contributed by atoms with Gasteiger partial charge in [0.05, 0.1) is 11.4 Å². The van der Waals surface area contributed by atoms with Crippen molar-refractivity contribution < 1.29 is 4.74 Å². The molecule has 0 unspecified atom stereocenters. The molecule has 158 valence electrons. The number of H-pyrrole nitrogens is 2. The molecule has 2 aromatic heterocycles. The first-order chi connectivity index (χ1) is 16.2. The molecule has 4 aromatic carbocycles. The van der Waals surface area contributed by atoms with Crippen LogP contribution in [-0.4, -0.2) is 17.0 Å². The first kappa shape index (κ1) is 18.2. The van der Waals surface area contributed by atoms with E-state index in [-0.39, 0.29) is 0 Å². The number of hydrogen-bond acceptors (Lipinski definition) is 2. The summed E-state index contributed by atoms with van der Waals surface area (Å²) in [4.78, 5) is 8.72. The second-order valence-electron chi connectivity index (χ2n) is 8.59. The Morgan fingerprint density at radius 1 is 0.545 bits per heavy atom. The lowest BCUT2D eigenvalue weighted by atomic mass is 10.0. The number of aromatic amines is 2. The van der Waals surface area contributed by atoms with Crippen LogP contribution in [0.3, 0.4) is 0 Å². The summed E-state index contributed by atoms with van der Waals surface area (Å²) in [6, 6.07) is 30.1. The minimum Gasteiger partial charge on any atom is -0.453 e. The normalized spacial score (nSPS) is 12.6. The zero-order valence-corrected chi connectivity index (χ0v) is 18.1. The molecule has 33 heavy (non-hydrogen) atoms. The van der Waals surface area contributed by atoms with Crippen LogP contribution in [0.2, 0.25) is 0 Å². The van der Waals surface area contributed by atoms with E-state index in [1.165, 1.54) is 21.9 Å². The number of nitrogens with one attached hydrogen (secondary N) is 2. The number of nitrogens with zero attached hydrogens (tertiary/aromatic N) is 1. The van der Waals surface area contributed by atoms with Crippen LogP contribution in [0, 0.1) is 0 Å². The van der Waals surface area contributed by atoms with Crippen molar-refractivity contribution in [1.82, 2.24) is 9.97 Å². The van der Waals surface area contributed by atoms with Gasteiger partial charge in [-0.2, -0.15) is 0 Å². The summed E-state index contributed by atoms with van der Waals surface area (Å²) in [6.07, 6.45) is 3.95. The van der Waals surface area contributed by atoms with Gasteiger partial charge >= 0.3 is 0 Å². The summed E-state index contributed by atoms with van der Waals surface area (Å²) in [5.41, 5.74) is 9.06. The third-order valence-electron chi connectivity index (χ3n) is 6.64. The fourth-order valence-electron chi connectivity index (χ4n) is 4.82. The van der Waals surface area contributed by atoms with Crippen LogP contribution in [0.5, 0.6) is 11.5 Å². The van der Waals surface area contributed by atoms with Gasteiger partial charge in [-0.25, -0.2) is 0 Å². The molecule has 0 radical (unpaired) electrons. The molecule has 2 N–H and O–H groups in total. The Kier molecular flexibility index (Phi) is 3.73. The van der Waals surface area contributed by atoms with Gasteiger partial charge in [-0.3, -0.25) is 0 Å².